The van der Waals surface area contributed by atoms with Gasteiger partial charge in [-0.2, -0.15) is 0 Å². The van der Waals surface area contributed by atoms with Gasteiger partial charge in [-0.3, -0.25) is 14.4 Å². The Kier molecular flexibility index (Phi) is 5.45. The largest absolute Gasteiger partial charge is 0.469 e. The number of rotatable bonds is 3. The van der Waals surface area contributed by atoms with Crippen LogP contribution in [0.2, 0.25) is 0 Å². The number of esters is 2. The van der Waals surface area contributed by atoms with Gasteiger partial charge in [-0.15, -0.1) is 0 Å². The molecule has 7 heteroatoms. The van der Waals surface area contributed by atoms with Crippen molar-refractivity contribution in [1.29, 1.82) is 0 Å². The van der Waals surface area contributed by atoms with E-state index in [2.05, 4.69) is 15.9 Å². The Balaban J connectivity index is 2.63. The molecule has 6 nitrogen and oxygen atoms in total. The SMILES string of the molecule is COC(=O)[C@@H]1C(=O)C[C@](C)(O)[C@@H](C(=O)OC)[C@H]1c1ccc(Br)cc1. The molecule has 0 unspecified atom stereocenters. The lowest BCUT2D eigenvalue weighted by atomic mass is 9.62. The summed E-state index contributed by atoms with van der Waals surface area (Å²) >= 11 is 3.32. The first-order valence-electron chi connectivity index (χ1n) is 7.39. The highest BCUT2D eigenvalue weighted by molar-refractivity contribution is 9.10. The highest BCUT2D eigenvalue weighted by Crippen LogP contribution is 2.46. The van der Waals surface area contributed by atoms with Crippen molar-refractivity contribution in [3.05, 3.63) is 34.3 Å². The number of benzene rings is 1. The van der Waals surface area contributed by atoms with Gasteiger partial charge in [-0.25, -0.2) is 0 Å². The monoisotopic (exact) mass is 398 g/mol. The second kappa shape index (κ2) is 7.03. The molecule has 4 atom stereocenters. The lowest BCUT2D eigenvalue weighted by molar-refractivity contribution is -0.170. The Morgan fingerprint density at radius 2 is 1.71 bits per heavy atom. The Bertz CT molecular complexity index is 652. The Morgan fingerprint density at radius 1 is 1.17 bits per heavy atom. The third kappa shape index (κ3) is 3.37. The number of hydrogen-bond acceptors (Lipinski definition) is 6. The standard InChI is InChI=1S/C17H19BrO6/c1-17(22)8-11(19)13(15(20)23-2)12(14(17)16(21)24-3)9-4-6-10(18)7-5-9/h4-7,12-14,22H,8H2,1-3H3/t12-,13+,14+,17-/m0/s1. The van der Waals surface area contributed by atoms with E-state index in [-0.39, 0.29) is 6.42 Å². The fourth-order valence-electron chi connectivity index (χ4n) is 3.35. The van der Waals surface area contributed by atoms with Crippen LogP contribution in [-0.2, 0) is 23.9 Å². The number of aliphatic hydroxyl groups is 1. The quantitative estimate of drug-likeness (QED) is 0.616. The van der Waals surface area contributed by atoms with Crippen LogP contribution < -0.4 is 0 Å². The second-order valence-corrected chi connectivity index (χ2v) is 6.99. The number of ether oxygens (including phenoxy) is 2. The lowest BCUT2D eigenvalue weighted by Crippen LogP contribution is -2.55. The number of hydrogen-bond donors (Lipinski definition) is 1. The van der Waals surface area contributed by atoms with Crippen LogP contribution in [-0.4, -0.2) is 42.6 Å². The van der Waals surface area contributed by atoms with Crippen LogP contribution in [0.4, 0.5) is 0 Å². The Labute approximate surface area is 148 Å². The molecule has 0 amide bonds. The van der Waals surface area contributed by atoms with Gasteiger partial charge in [-0.05, 0) is 24.6 Å². The summed E-state index contributed by atoms with van der Waals surface area (Å²) in [7, 11) is 2.40. The summed E-state index contributed by atoms with van der Waals surface area (Å²) in [6.07, 6.45) is -0.320. The predicted molar refractivity (Wildman–Crippen MR) is 88.1 cm³/mol. The topological polar surface area (TPSA) is 89.9 Å². The van der Waals surface area contributed by atoms with E-state index < -0.39 is 41.1 Å². The smallest absolute Gasteiger partial charge is 0.316 e. The average Bonchev–Trinajstić information content (AvgIpc) is 2.53. The zero-order chi connectivity index (χ0) is 18.1. The number of halogens is 1. The summed E-state index contributed by atoms with van der Waals surface area (Å²) in [5, 5.41) is 10.7. The second-order valence-electron chi connectivity index (χ2n) is 6.08. The van der Waals surface area contributed by atoms with Gasteiger partial charge in [0.15, 0.2) is 5.78 Å². The van der Waals surface area contributed by atoms with Gasteiger partial charge >= 0.3 is 11.9 Å². The van der Waals surface area contributed by atoms with E-state index in [9.17, 15) is 19.5 Å². The third-order valence-electron chi connectivity index (χ3n) is 4.43. The lowest BCUT2D eigenvalue weighted by Gasteiger charge is -2.43. The van der Waals surface area contributed by atoms with E-state index in [0.29, 0.717) is 5.56 Å². The number of carbonyl (C=O) groups excluding carboxylic acids is 3. The zero-order valence-electron chi connectivity index (χ0n) is 13.6. The van der Waals surface area contributed by atoms with E-state index >= 15 is 0 Å². The summed E-state index contributed by atoms with van der Waals surface area (Å²) in [5.74, 6) is -4.95. The van der Waals surface area contributed by atoms with Crippen molar-refractivity contribution in [3.8, 4) is 0 Å². The number of methoxy groups -OCH3 is 2. The molecular weight excluding hydrogens is 380 g/mol. The van der Waals surface area contributed by atoms with Gasteiger partial charge < -0.3 is 14.6 Å². The van der Waals surface area contributed by atoms with Gasteiger partial charge in [0.25, 0.3) is 0 Å². The first-order chi connectivity index (χ1) is 11.2. The minimum Gasteiger partial charge on any atom is -0.469 e. The molecule has 1 N–H and O–H groups in total. The van der Waals surface area contributed by atoms with Crippen molar-refractivity contribution in [1.82, 2.24) is 0 Å². The van der Waals surface area contributed by atoms with E-state index in [1.807, 2.05) is 0 Å². The molecule has 0 aliphatic heterocycles. The van der Waals surface area contributed by atoms with Crippen molar-refractivity contribution >= 4 is 33.7 Å². The molecule has 130 valence electrons. The Morgan fingerprint density at radius 3 is 2.21 bits per heavy atom. The molecule has 24 heavy (non-hydrogen) atoms. The molecule has 0 heterocycles. The van der Waals surface area contributed by atoms with Gasteiger partial charge in [0.2, 0.25) is 0 Å². The van der Waals surface area contributed by atoms with Gasteiger partial charge in [0.05, 0.1) is 25.7 Å². The third-order valence-corrected chi connectivity index (χ3v) is 4.96. The van der Waals surface area contributed by atoms with Gasteiger partial charge in [0, 0.05) is 16.8 Å². The summed E-state index contributed by atoms with van der Waals surface area (Å²) in [6.45, 7) is 1.41. The van der Waals surface area contributed by atoms with Crippen molar-refractivity contribution in [2.75, 3.05) is 14.2 Å². The van der Waals surface area contributed by atoms with E-state index in [0.717, 1.165) is 4.47 Å². The van der Waals surface area contributed by atoms with Crippen LogP contribution >= 0.6 is 15.9 Å². The highest BCUT2D eigenvalue weighted by Gasteiger charge is 2.56. The summed E-state index contributed by atoms with van der Waals surface area (Å²) in [4.78, 5) is 37.0. The van der Waals surface area contributed by atoms with Gasteiger partial charge in [-0.1, -0.05) is 28.1 Å². The molecule has 1 fully saturated rings. The summed E-state index contributed by atoms with van der Waals surface area (Å²) in [5.41, 5.74) is -1.04. The van der Waals surface area contributed by atoms with Crippen LogP contribution in [0.1, 0.15) is 24.8 Å². The first-order valence-corrected chi connectivity index (χ1v) is 8.18. The highest BCUT2D eigenvalue weighted by atomic mass is 79.9. The number of Topliss-reactive ketones (excluding diaryl/α,β-unsaturated/α-hetero) is 1. The van der Waals surface area contributed by atoms with Crippen molar-refractivity contribution < 1.29 is 29.0 Å². The number of ketones is 1. The maximum atomic E-state index is 12.5. The first kappa shape index (κ1) is 18.6. The molecule has 1 aromatic rings. The normalized spacial score (nSPS) is 29.9. The van der Waals surface area contributed by atoms with E-state index in [4.69, 9.17) is 9.47 Å². The molecule has 0 aromatic heterocycles. The van der Waals surface area contributed by atoms with Crippen LogP contribution in [0.5, 0.6) is 0 Å². The molecular formula is C17H19BrO6. The summed E-state index contributed by atoms with van der Waals surface area (Å²) < 4.78 is 10.4. The average molecular weight is 399 g/mol. The fourth-order valence-corrected chi connectivity index (χ4v) is 3.62. The Hall–Kier alpha value is -1.73. The van der Waals surface area contributed by atoms with Crippen LogP contribution in [0.15, 0.2) is 28.7 Å². The molecule has 0 radical (unpaired) electrons. The van der Waals surface area contributed by atoms with E-state index in [1.54, 1.807) is 24.3 Å². The molecule has 0 spiro atoms. The van der Waals surface area contributed by atoms with Crippen LogP contribution in [0.3, 0.4) is 0 Å². The predicted octanol–water partition coefficient (Wildman–Crippen LogP) is 1.83. The molecule has 2 rings (SSSR count). The van der Waals surface area contributed by atoms with Gasteiger partial charge in [0.1, 0.15) is 5.92 Å². The van der Waals surface area contributed by atoms with E-state index in [1.165, 1.54) is 21.1 Å². The maximum absolute atomic E-state index is 12.5. The maximum Gasteiger partial charge on any atom is 0.316 e. The number of carbonyl (C=O) groups is 3. The molecule has 0 bridgehead atoms. The zero-order valence-corrected chi connectivity index (χ0v) is 15.2. The summed E-state index contributed by atoms with van der Waals surface area (Å²) in [6, 6.07) is 6.89. The minimum absolute atomic E-state index is 0.320. The van der Waals surface area contributed by atoms with Crippen molar-refractivity contribution in [3.63, 3.8) is 0 Å². The molecule has 1 aromatic carbocycles. The molecule has 1 aliphatic rings. The van der Waals surface area contributed by atoms with Crippen LogP contribution in [0, 0.1) is 11.8 Å². The fraction of sp³-hybridized carbons (Fsp3) is 0.471. The van der Waals surface area contributed by atoms with Crippen molar-refractivity contribution in [2.45, 2.75) is 24.9 Å². The molecule has 1 saturated carbocycles. The van der Waals surface area contributed by atoms with Crippen LogP contribution in [0.25, 0.3) is 0 Å². The van der Waals surface area contributed by atoms with Crippen molar-refractivity contribution in [2.24, 2.45) is 11.8 Å². The molecule has 1 aliphatic carbocycles. The molecule has 0 saturated heterocycles. The minimum atomic E-state index is -1.62.